The van der Waals surface area contributed by atoms with Crippen molar-refractivity contribution in [1.82, 2.24) is 0 Å². The average molecular weight is 247 g/mol. The molecule has 1 saturated carbocycles. The van der Waals surface area contributed by atoms with Gasteiger partial charge in [-0.2, -0.15) is 0 Å². The summed E-state index contributed by atoms with van der Waals surface area (Å²) in [5, 5.41) is 0. The fourth-order valence-corrected chi connectivity index (χ4v) is 2.34. The van der Waals surface area contributed by atoms with Crippen LogP contribution in [-0.4, -0.2) is 17.3 Å². The monoisotopic (exact) mass is 247 g/mol. The third-order valence-electron chi connectivity index (χ3n) is 3.33. The Morgan fingerprint density at radius 1 is 1.47 bits per heavy atom. The fraction of sp³-hybridized carbons (Fsp3) is 0.917. The topological polar surface area (TPSA) is 38.4 Å². The predicted molar refractivity (Wildman–Crippen MR) is 62.8 cm³/mol. The third kappa shape index (κ3) is 3.62. The zero-order valence-electron chi connectivity index (χ0n) is 10.5. The molecule has 2 nitrogen and oxygen atoms in total. The standard InChI is InChI=1S/C12H24N2.V/c1-5-6-10(4)14-12(9(2)3)7-11(13)8-12;/h9,11H,5-8,13H2,1-4H3;. The Morgan fingerprint density at radius 3 is 2.33 bits per heavy atom. The van der Waals surface area contributed by atoms with E-state index in [1.807, 2.05) is 0 Å². The molecule has 0 heterocycles. The van der Waals surface area contributed by atoms with Gasteiger partial charge in [0.25, 0.3) is 0 Å². The van der Waals surface area contributed by atoms with E-state index in [1.54, 1.807) is 0 Å². The molecule has 15 heavy (non-hydrogen) atoms. The van der Waals surface area contributed by atoms with Crippen molar-refractivity contribution in [3.8, 4) is 0 Å². The molecule has 0 spiro atoms. The Balaban J connectivity index is 0.00000196. The number of rotatable bonds is 4. The Hall–Kier alpha value is 0.214. The van der Waals surface area contributed by atoms with Crippen LogP contribution >= 0.6 is 0 Å². The van der Waals surface area contributed by atoms with Gasteiger partial charge in [0.15, 0.2) is 0 Å². The number of nitrogens with zero attached hydrogens (tertiary/aromatic N) is 1. The van der Waals surface area contributed by atoms with E-state index in [0.717, 1.165) is 19.3 Å². The summed E-state index contributed by atoms with van der Waals surface area (Å²) in [5.74, 6) is 0.620. The second-order valence-corrected chi connectivity index (χ2v) is 5.02. The van der Waals surface area contributed by atoms with Crippen molar-refractivity contribution in [3.05, 3.63) is 0 Å². The van der Waals surface area contributed by atoms with Crippen molar-refractivity contribution in [2.45, 2.75) is 65.0 Å². The van der Waals surface area contributed by atoms with Crippen molar-refractivity contribution in [3.63, 3.8) is 0 Å². The van der Waals surface area contributed by atoms with Gasteiger partial charge in [0.05, 0.1) is 5.54 Å². The van der Waals surface area contributed by atoms with E-state index in [-0.39, 0.29) is 24.1 Å². The molecule has 1 rings (SSSR count). The SMILES string of the molecule is CCCC(C)=NC1(C(C)C)CC(N)C1.[V]. The third-order valence-corrected chi connectivity index (χ3v) is 3.33. The number of hydrogen-bond donors (Lipinski definition) is 1. The summed E-state index contributed by atoms with van der Waals surface area (Å²) >= 11 is 0. The minimum atomic E-state index is 0. The van der Waals surface area contributed by atoms with Gasteiger partial charge >= 0.3 is 0 Å². The van der Waals surface area contributed by atoms with E-state index < -0.39 is 0 Å². The van der Waals surface area contributed by atoms with Gasteiger partial charge in [0, 0.05) is 30.3 Å². The van der Waals surface area contributed by atoms with Crippen LogP contribution < -0.4 is 5.73 Å². The Bertz CT molecular complexity index is 218. The Morgan fingerprint density at radius 2 is 2.00 bits per heavy atom. The van der Waals surface area contributed by atoms with Crippen LogP contribution in [0.3, 0.4) is 0 Å². The largest absolute Gasteiger partial charge is 0.328 e. The molecule has 1 aliphatic carbocycles. The van der Waals surface area contributed by atoms with Crippen molar-refractivity contribution < 1.29 is 18.6 Å². The zero-order valence-corrected chi connectivity index (χ0v) is 11.9. The quantitative estimate of drug-likeness (QED) is 0.762. The summed E-state index contributed by atoms with van der Waals surface area (Å²) in [5.41, 5.74) is 7.35. The second-order valence-electron chi connectivity index (χ2n) is 5.02. The van der Waals surface area contributed by atoms with Crippen LogP contribution in [0.5, 0.6) is 0 Å². The van der Waals surface area contributed by atoms with Gasteiger partial charge in [0.2, 0.25) is 0 Å². The van der Waals surface area contributed by atoms with Gasteiger partial charge in [0.1, 0.15) is 0 Å². The van der Waals surface area contributed by atoms with Crippen LogP contribution in [0.15, 0.2) is 4.99 Å². The van der Waals surface area contributed by atoms with Gasteiger partial charge in [-0.25, -0.2) is 0 Å². The van der Waals surface area contributed by atoms with Crippen LogP contribution in [0.25, 0.3) is 0 Å². The molecule has 2 N–H and O–H groups in total. The molecule has 1 aliphatic rings. The van der Waals surface area contributed by atoms with E-state index in [1.165, 1.54) is 12.1 Å². The molecule has 0 aromatic carbocycles. The molecule has 0 amide bonds. The van der Waals surface area contributed by atoms with Crippen LogP contribution in [0.1, 0.15) is 53.4 Å². The summed E-state index contributed by atoms with van der Waals surface area (Å²) in [6.07, 6.45) is 4.47. The zero-order chi connectivity index (χ0) is 10.8. The molecule has 0 saturated heterocycles. The van der Waals surface area contributed by atoms with Gasteiger partial charge in [-0.1, -0.05) is 27.2 Å². The maximum atomic E-state index is 5.87. The molecule has 0 unspecified atom stereocenters. The fourth-order valence-electron chi connectivity index (χ4n) is 2.34. The molecule has 3 heteroatoms. The molecule has 1 radical (unpaired) electrons. The Kier molecular flexibility index (Phi) is 6.16. The average Bonchev–Trinajstić information content (AvgIpc) is 2.00. The molecule has 0 bridgehead atoms. The van der Waals surface area contributed by atoms with Crippen molar-refractivity contribution in [2.75, 3.05) is 0 Å². The van der Waals surface area contributed by atoms with Crippen molar-refractivity contribution in [1.29, 1.82) is 0 Å². The van der Waals surface area contributed by atoms with Crippen LogP contribution in [0, 0.1) is 5.92 Å². The van der Waals surface area contributed by atoms with Crippen LogP contribution in [0.4, 0.5) is 0 Å². The molecule has 0 atom stereocenters. The Labute approximate surface area is 106 Å². The first-order valence-electron chi connectivity index (χ1n) is 5.81. The van der Waals surface area contributed by atoms with Gasteiger partial charge in [-0.3, -0.25) is 4.99 Å². The van der Waals surface area contributed by atoms with E-state index in [9.17, 15) is 0 Å². The molecule has 0 aliphatic heterocycles. The van der Waals surface area contributed by atoms with Crippen molar-refractivity contribution in [2.24, 2.45) is 16.6 Å². The van der Waals surface area contributed by atoms with E-state index in [2.05, 4.69) is 27.7 Å². The van der Waals surface area contributed by atoms with E-state index in [4.69, 9.17) is 10.7 Å². The summed E-state index contributed by atoms with van der Waals surface area (Å²) in [6.45, 7) is 8.87. The molecular weight excluding hydrogens is 223 g/mol. The molecule has 0 aromatic rings. The first-order chi connectivity index (χ1) is 6.50. The molecule has 87 valence electrons. The molecule has 0 aromatic heterocycles. The number of nitrogens with two attached hydrogens (primary N) is 1. The van der Waals surface area contributed by atoms with Gasteiger partial charge < -0.3 is 5.73 Å². The number of aliphatic imine (C=N–C) groups is 1. The maximum Gasteiger partial charge on any atom is 0.0659 e. The summed E-state index contributed by atoms with van der Waals surface area (Å²) in [6, 6.07) is 0.385. The molecular formula is C12H24N2V. The van der Waals surface area contributed by atoms with Crippen LogP contribution in [-0.2, 0) is 18.6 Å². The van der Waals surface area contributed by atoms with E-state index in [0.29, 0.717) is 12.0 Å². The van der Waals surface area contributed by atoms with Gasteiger partial charge in [-0.15, -0.1) is 0 Å². The minimum Gasteiger partial charge on any atom is -0.328 e. The molecule has 1 fully saturated rings. The summed E-state index contributed by atoms with van der Waals surface area (Å²) < 4.78 is 0. The number of hydrogen-bond acceptors (Lipinski definition) is 2. The van der Waals surface area contributed by atoms with Crippen LogP contribution in [0.2, 0.25) is 0 Å². The first kappa shape index (κ1) is 15.2. The van der Waals surface area contributed by atoms with Gasteiger partial charge in [-0.05, 0) is 32.1 Å². The maximum absolute atomic E-state index is 5.87. The minimum absolute atomic E-state index is 0. The first-order valence-corrected chi connectivity index (χ1v) is 5.81. The smallest absolute Gasteiger partial charge is 0.0659 e. The normalized spacial score (nSPS) is 31.1. The predicted octanol–water partition coefficient (Wildman–Crippen LogP) is 2.76. The summed E-state index contributed by atoms with van der Waals surface area (Å²) in [7, 11) is 0. The second kappa shape index (κ2) is 6.07. The van der Waals surface area contributed by atoms with E-state index >= 15 is 0 Å². The summed E-state index contributed by atoms with van der Waals surface area (Å²) in [4.78, 5) is 4.89. The van der Waals surface area contributed by atoms with Crippen molar-refractivity contribution >= 4 is 5.71 Å².